The van der Waals surface area contributed by atoms with Crippen molar-refractivity contribution in [1.29, 1.82) is 0 Å². The third-order valence-electron chi connectivity index (χ3n) is 5.29. The number of oxime groups is 1. The van der Waals surface area contributed by atoms with Gasteiger partial charge in [0.1, 0.15) is 5.75 Å². The number of ether oxygens (including phenoxy) is 1. The van der Waals surface area contributed by atoms with Crippen LogP contribution in [0.5, 0.6) is 5.75 Å². The highest BCUT2D eigenvalue weighted by atomic mass is 16.6. The molecular formula is C23H26N2O3. The number of rotatable bonds is 7. The van der Waals surface area contributed by atoms with Gasteiger partial charge in [0.05, 0.1) is 19.4 Å². The number of amides is 1. The molecule has 2 aromatic rings. The number of aryl methyl sites for hydroxylation is 1. The Morgan fingerprint density at radius 1 is 1.21 bits per heavy atom. The van der Waals surface area contributed by atoms with Gasteiger partial charge in [0, 0.05) is 18.9 Å². The highest BCUT2D eigenvalue weighted by Gasteiger charge is 2.35. The van der Waals surface area contributed by atoms with Crippen molar-refractivity contribution in [3.63, 3.8) is 0 Å². The Labute approximate surface area is 165 Å². The summed E-state index contributed by atoms with van der Waals surface area (Å²) < 4.78 is 5.32. The molecule has 5 nitrogen and oxygen atoms in total. The topological polar surface area (TPSA) is 51.1 Å². The van der Waals surface area contributed by atoms with Crippen molar-refractivity contribution >= 4 is 11.6 Å². The van der Waals surface area contributed by atoms with E-state index in [9.17, 15) is 4.79 Å². The first-order chi connectivity index (χ1) is 13.6. The minimum atomic E-state index is -0.107. The molecule has 0 radical (unpaired) electrons. The Morgan fingerprint density at radius 2 is 2.00 bits per heavy atom. The van der Waals surface area contributed by atoms with E-state index in [0.717, 1.165) is 41.9 Å². The predicted octanol–water partition coefficient (Wildman–Crippen LogP) is 3.94. The van der Waals surface area contributed by atoms with Gasteiger partial charge in [-0.05, 0) is 43.0 Å². The van der Waals surface area contributed by atoms with Crippen LogP contribution in [0.4, 0.5) is 0 Å². The molecule has 5 heteroatoms. The maximum atomic E-state index is 12.8. The minimum Gasteiger partial charge on any atom is -0.497 e. The van der Waals surface area contributed by atoms with Crippen molar-refractivity contribution in [2.24, 2.45) is 11.1 Å². The van der Waals surface area contributed by atoms with Crippen LogP contribution in [0.15, 0.2) is 53.7 Å². The molecule has 1 amide bonds. The fourth-order valence-electron chi connectivity index (χ4n) is 3.50. The quantitative estimate of drug-likeness (QED) is 0.733. The van der Waals surface area contributed by atoms with Crippen molar-refractivity contribution in [2.75, 3.05) is 13.7 Å². The number of carbonyl (C=O) groups is 1. The summed E-state index contributed by atoms with van der Waals surface area (Å²) in [5.74, 6) is 1.19. The summed E-state index contributed by atoms with van der Waals surface area (Å²) in [6, 6.07) is 16.2. The molecule has 2 aromatic carbocycles. The van der Waals surface area contributed by atoms with Gasteiger partial charge in [-0.2, -0.15) is 0 Å². The Balaban J connectivity index is 1.43. The van der Waals surface area contributed by atoms with Gasteiger partial charge in [-0.1, -0.05) is 47.1 Å². The normalized spacial score (nSPS) is 18.4. The molecule has 1 atom stereocenters. The molecular weight excluding hydrogens is 352 g/mol. The van der Waals surface area contributed by atoms with E-state index in [2.05, 4.69) is 36.3 Å². The van der Waals surface area contributed by atoms with Gasteiger partial charge < -0.3 is 14.5 Å². The molecule has 1 fully saturated rings. The van der Waals surface area contributed by atoms with Crippen LogP contribution in [0.1, 0.15) is 36.0 Å². The van der Waals surface area contributed by atoms with E-state index in [4.69, 9.17) is 9.57 Å². The maximum Gasteiger partial charge on any atom is 0.226 e. The molecule has 1 heterocycles. The third kappa shape index (κ3) is 4.35. The lowest BCUT2D eigenvalue weighted by Gasteiger charge is -2.25. The number of hydrogen-bond donors (Lipinski definition) is 0. The van der Waals surface area contributed by atoms with E-state index < -0.39 is 0 Å². The standard InChI is InChI=1S/C23H26N2O3/c1-16-6-8-18(9-7-16)22-13-21(28-24-22)15-25(23(26)19-10-11-19)14-17-4-3-5-20(12-17)27-2/h3-9,12,19,21H,10-11,13-15H2,1-2H3/t21-/m1/s1. The first kappa shape index (κ1) is 18.5. The van der Waals surface area contributed by atoms with Gasteiger partial charge in [0.25, 0.3) is 0 Å². The monoisotopic (exact) mass is 378 g/mol. The van der Waals surface area contributed by atoms with E-state index in [1.54, 1.807) is 7.11 Å². The minimum absolute atomic E-state index is 0.107. The molecule has 0 saturated heterocycles. The van der Waals surface area contributed by atoms with Crippen molar-refractivity contribution in [3.05, 3.63) is 65.2 Å². The van der Waals surface area contributed by atoms with E-state index in [0.29, 0.717) is 13.1 Å². The third-order valence-corrected chi connectivity index (χ3v) is 5.29. The lowest BCUT2D eigenvalue weighted by Crippen LogP contribution is -2.38. The second-order valence-electron chi connectivity index (χ2n) is 7.68. The van der Waals surface area contributed by atoms with Crippen LogP contribution in [0.25, 0.3) is 0 Å². The highest BCUT2D eigenvalue weighted by molar-refractivity contribution is 6.01. The Kier molecular flexibility index (Phi) is 5.33. The fourth-order valence-corrected chi connectivity index (χ4v) is 3.50. The molecule has 28 heavy (non-hydrogen) atoms. The second kappa shape index (κ2) is 8.05. The van der Waals surface area contributed by atoms with Gasteiger partial charge in [-0.3, -0.25) is 4.79 Å². The fraction of sp³-hybridized carbons (Fsp3) is 0.391. The summed E-state index contributed by atoms with van der Waals surface area (Å²) in [5.41, 5.74) is 4.32. The Bertz CT molecular complexity index is 872. The lowest BCUT2D eigenvalue weighted by molar-refractivity contribution is -0.135. The van der Waals surface area contributed by atoms with Gasteiger partial charge in [-0.25, -0.2) is 0 Å². The smallest absolute Gasteiger partial charge is 0.226 e. The zero-order valence-corrected chi connectivity index (χ0v) is 16.4. The van der Waals surface area contributed by atoms with Crippen LogP contribution in [-0.2, 0) is 16.2 Å². The van der Waals surface area contributed by atoms with Gasteiger partial charge >= 0.3 is 0 Å². The average molecular weight is 378 g/mol. The lowest BCUT2D eigenvalue weighted by atomic mass is 10.0. The Morgan fingerprint density at radius 3 is 2.71 bits per heavy atom. The van der Waals surface area contributed by atoms with Crippen LogP contribution in [0.3, 0.4) is 0 Å². The maximum absolute atomic E-state index is 12.8. The highest BCUT2D eigenvalue weighted by Crippen LogP contribution is 2.32. The van der Waals surface area contributed by atoms with E-state index in [1.165, 1.54) is 5.56 Å². The predicted molar refractivity (Wildman–Crippen MR) is 108 cm³/mol. The Hall–Kier alpha value is -2.82. The molecule has 0 bridgehead atoms. The number of benzene rings is 2. The molecule has 0 aromatic heterocycles. The van der Waals surface area contributed by atoms with Crippen molar-refractivity contribution in [3.8, 4) is 5.75 Å². The number of carbonyl (C=O) groups excluding carboxylic acids is 1. The molecule has 1 saturated carbocycles. The second-order valence-corrected chi connectivity index (χ2v) is 7.68. The molecule has 4 rings (SSSR count). The molecule has 0 spiro atoms. The number of nitrogens with zero attached hydrogens (tertiary/aromatic N) is 2. The van der Waals surface area contributed by atoms with Gasteiger partial charge in [0.15, 0.2) is 6.10 Å². The molecule has 1 aliphatic heterocycles. The average Bonchev–Trinajstić information content (AvgIpc) is 3.47. The van der Waals surface area contributed by atoms with E-state index in [-0.39, 0.29) is 17.9 Å². The van der Waals surface area contributed by atoms with Crippen molar-refractivity contribution in [2.45, 2.75) is 38.8 Å². The van der Waals surface area contributed by atoms with Gasteiger partial charge in [0.2, 0.25) is 5.91 Å². The summed E-state index contributed by atoms with van der Waals surface area (Å²) >= 11 is 0. The van der Waals surface area contributed by atoms with Crippen LogP contribution in [0.2, 0.25) is 0 Å². The zero-order valence-electron chi connectivity index (χ0n) is 16.4. The molecule has 0 N–H and O–H groups in total. The summed E-state index contributed by atoms with van der Waals surface area (Å²) in [6.45, 7) is 3.18. The number of methoxy groups -OCH3 is 1. The number of hydrogen-bond acceptors (Lipinski definition) is 4. The van der Waals surface area contributed by atoms with Gasteiger partial charge in [-0.15, -0.1) is 0 Å². The molecule has 1 aliphatic carbocycles. The summed E-state index contributed by atoms with van der Waals surface area (Å²) in [4.78, 5) is 20.4. The van der Waals surface area contributed by atoms with Crippen molar-refractivity contribution in [1.82, 2.24) is 4.90 Å². The molecule has 146 valence electrons. The van der Waals surface area contributed by atoms with E-state index >= 15 is 0 Å². The largest absolute Gasteiger partial charge is 0.497 e. The van der Waals surface area contributed by atoms with Crippen LogP contribution in [-0.4, -0.2) is 36.3 Å². The summed E-state index contributed by atoms with van der Waals surface area (Å²) in [7, 11) is 1.66. The summed E-state index contributed by atoms with van der Waals surface area (Å²) in [6.07, 6.45) is 2.59. The van der Waals surface area contributed by atoms with E-state index in [1.807, 2.05) is 29.2 Å². The van der Waals surface area contributed by atoms with Crippen molar-refractivity contribution < 1.29 is 14.4 Å². The first-order valence-corrected chi connectivity index (χ1v) is 9.84. The first-order valence-electron chi connectivity index (χ1n) is 9.84. The SMILES string of the molecule is COc1cccc(CN(C[C@H]2CC(c3ccc(C)cc3)=NO2)C(=O)C2CC2)c1. The molecule has 0 unspecified atom stereocenters. The molecule has 2 aliphatic rings. The zero-order chi connectivity index (χ0) is 19.5. The van der Waals surface area contributed by atoms with Crippen LogP contribution in [0, 0.1) is 12.8 Å². The summed E-state index contributed by atoms with van der Waals surface area (Å²) in [5, 5.41) is 4.28. The van der Waals surface area contributed by atoms with Crippen LogP contribution >= 0.6 is 0 Å². The van der Waals surface area contributed by atoms with Crippen LogP contribution < -0.4 is 4.74 Å².